The fourth-order valence-corrected chi connectivity index (χ4v) is 4.72. The lowest BCUT2D eigenvalue weighted by molar-refractivity contribution is 0.0990. The smallest absolute Gasteiger partial charge is 0.379 e. The van der Waals surface area contributed by atoms with Crippen LogP contribution in [0, 0.1) is 0 Å². The molecule has 0 saturated carbocycles. The molecule has 13 heteroatoms. The Kier molecular flexibility index (Phi) is 8.11. The third kappa shape index (κ3) is 5.45. The first-order chi connectivity index (χ1) is 17.9. The molecule has 0 unspecified atom stereocenters. The summed E-state index contributed by atoms with van der Waals surface area (Å²) >= 11 is 7.35. The summed E-state index contributed by atoms with van der Waals surface area (Å²) in [5.74, 6) is -0.299. The van der Waals surface area contributed by atoms with Gasteiger partial charge in [-0.2, -0.15) is 0 Å². The molecule has 1 N–H and O–H groups in total. The van der Waals surface area contributed by atoms with Crippen LogP contribution in [0.15, 0.2) is 45.7 Å². The number of nitrogens with one attached hydrogen (secondary N) is 1. The maximum Gasteiger partial charge on any atom is 0.379 e. The third-order valence-corrected chi connectivity index (χ3v) is 6.38. The first kappa shape index (κ1) is 26.2. The monoisotopic (exact) mass is 546 g/mol. The summed E-state index contributed by atoms with van der Waals surface area (Å²) in [4.78, 5) is 26.1. The minimum Gasteiger partial charge on any atom is -0.496 e. The molecule has 4 aromatic rings. The molecule has 0 bridgehead atoms. The van der Waals surface area contributed by atoms with Crippen LogP contribution >= 0.6 is 22.9 Å². The highest BCUT2D eigenvalue weighted by atomic mass is 35.5. The fraction of sp³-hybridized carbons (Fsp3) is 0.250. The zero-order valence-corrected chi connectivity index (χ0v) is 21.9. The fourth-order valence-electron chi connectivity index (χ4n) is 3.54. The van der Waals surface area contributed by atoms with Gasteiger partial charge in [-0.15, -0.1) is 10.2 Å². The molecule has 3 aromatic heterocycles. The van der Waals surface area contributed by atoms with Crippen LogP contribution in [-0.2, 0) is 11.8 Å². The number of anilines is 1. The van der Waals surface area contributed by atoms with E-state index in [4.69, 9.17) is 35.0 Å². The Morgan fingerprint density at radius 3 is 2.49 bits per heavy atom. The Labute approximate surface area is 220 Å². The Morgan fingerprint density at radius 1 is 1.14 bits per heavy atom. The molecule has 0 radical (unpaired) electrons. The second-order valence-corrected chi connectivity index (χ2v) is 8.89. The number of rotatable bonds is 10. The first-order valence-electron chi connectivity index (χ1n) is 10.8. The zero-order chi connectivity index (χ0) is 26.5. The number of methoxy groups -OCH3 is 3. The van der Waals surface area contributed by atoms with Crippen molar-refractivity contribution in [2.45, 2.75) is 0 Å². The van der Waals surface area contributed by atoms with Crippen molar-refractivity contribution < 1.29 is 28.2 Å². The highest BCUT2D eigenvalue weighted by Gasteiger charge is 2.25. The van der Waals surface area contributed by atoms with Gasteiger partial charge in [-0.1, -0.05) is 29.0 Å². The van der Waals surface area contributed by atoms with Crippen molar-refractivity contribution in [1.29, 1.82) is 0 Å². The van der Waals surface area contributed by atoms with Crippen molar-refractivity contribution >= 4 is 34.0 Å². The van der Waals surface area contributed by atoms with Gasteiger partial charge in [0.25, 0.3) is 5.91 Å². The molecular weight excluding hydrogens is 524 g/mol. The summed E-state index contributed by atoms with van der Waals surface area (Å²) in [6.45, 7) is 0.307. The number of hydrogen-bond donors (Lipinski definition) is 1. The van der Waals surface area contributed by atoms with Crippen LogP contribution in [0.3, 0.4) is 0 Å². The summed E-state index contributed by atoms with van der Waals surface area (Å²) < 4.78 is 28.8. The standard InChI is InChI=1S/C24H23ClN4O7S/c1-29-9-8-14(25)19(29)22-27-28-24(37-22)26-21(30)17-12-13(20(23(31)36-17)35-11-10-32-2)18-15(33-3)6-5-7-16(18)34-4/h5-9,12H,10-11H2,1-4H3,(H,26,28,30). The molecule has 0 aliphatic heterocycles. The average molecular weight is 547 g/mol. The van der Waals surface area contributed by atoms with E-state index in [-0.39, 0.29) is 35.4 Å². The maximum atomic E-state index is 13.1. The largest absolute Gasteiger partial charge is 0.496 e. The quantitative estimate of drug-likeness (QED) is 0.292. The predicted octanol–water partition coefficient (Wildman–Crippen LogP) is 4.11. The van der Waals surface area contributed by atoms with Gasteiger partial charge >= 0.3 is 5.63 Å². The summed E-state index contributed by atoms with van der Waals surface area (Å²) in [7, 11) is 6.29. The average Bonchev–Trinajstić information content (AvgIpc) is 3.48. The lowest BCUT2D eigenvalue weighted by atomic mass is 10.0. The number of carbonyl (C=O) groups excluding carboxylic acids is 1. The first-order valence-corrected chi connectivity index (χ1v) is 12.0. The van der Waals surface area contributed by atoms with Crippen molar-refractivity contribution in [3.8, 4) is 39.1 Å². The molecule has 0 saturated heterocycles. The van der Waals surface area contributed by atoms with Gasteiger partial charge in [0.2, 0.25) is 10.9 Å². The molecule has 1 amide bonds. The number of ether oxygens (including phenoxy) is 4. The van der Waals surface area contributed by atoms with E-state index in [1.54, 1.807) is 35.0 Å². The zero-order valence-electron chi connectivity index (χ0n) is 20.4. The van der Waals surface area contributed by atoms with Gasteiger partial charge in [-0.05, 0) is 24.3 Å². The van der Waals surface area contributed by atoms with Crippen LogP contribution in [0.2, 0.25) is 5.02 Å². The number of hydrogen-bond acceptors (Lipinski definition) is 10. The Bertz CT molecular complexity index is 1440. The molecular formula is C24H23ClN4O7S. The summed E-state index contributed by atoms with van der Waals surface area (Å²) in [5.41, 5.74) is 0.466. The number of carbonyl (C=O) groups is 1. The van der Waals surface area contributed by atoms with Crippen LogP contribution in [0.1, 0.15) is 10.6 Å². The number of aromatic nitrogens is 3. The predicted molar refractivity (Wildman–Crippen MR) is 138 cm³/mol. The number of halogens is 1. The number of aryl methyl sites for hydroxylation is 1. The van der Waals surface area contributed by atoms with Crippen molar-refractivity contribution in [1.82, 2.24) is 14.8 Å². The molecule has 194 valence electrons. The molecule has 3 heterocycles. The SMILES string of the molecule is COCCOc1c(-c2c(OC)cccc2OC)cc(C(=O)Nc2nnc(-c3c(Cl)ccn3C)s2)oc1=O. The van der Waals surface area contributed by atoms with Crippen LogP contribution in [-0.4, -0.2) is 55.2 Å². The lowest BCUT2D eigenvalue weighted by Gasteiger charge is -2.16. The summed E-state index contributed by atoms with van der Waals surface area (Å²) in [6.07, 6.45) is 1.79. The second-order valence-electron chi connectivity index (χ2n) is 7.51. The van der Waals surface area contributed by atoms with Crippen LogP contribution in [0.25, 0.3) is 21.8 Å². The van der Waals surface area contributed by atoms with Crippen LogP contribution in [0.4, 0.5) is 5.13 Å². The van der Waals surface area contributed by atoms with E-state index in [9.17, 15) is 9.59 Å². The van der Waals surface area contributed by atoms with Gasteiger partial charge in [0.1, 0.15) is 18.1 Å². The normalized spacial score (nSPS) is 10.8. The molecule has 4 rings (SSSR count). The van der Waals surface area contributed by atoms with E-state index in [0.29, 0.717) is 32.8 Å². The highest BCUT2D eigenvalue weighted by molar-refractivity contribution is 7.18. The summed E-state index contributed by atoms with van der Waals surface area (Å²) in [6, 6.07) is 8.24. The van der Waals surface area contributed by atoms with Crippen molar-refractivity contribution in [3.05, 3.63) is 57.7 Å². The van der Waals surface area contributed by atoms with E-state index < -0.39 is 11.5 Å². The van der Waals surface area contributed by atoms with Crippen LogP contribution in [0.5, 0.6) is 17.2 Å². The number of benzene rings is 1. The Hall–Kier alpha value is -3.87. The number of amides is 1. The maximum absolute atomic E-state index is 13.1. The van der Waals surface area contributed by atoms with Gasteiger partial charge in [-0.3, -0.25) is 10.1 Å². The topological polar surface area (TPSA) is 127 Å². The molecule has 1 aromatic carbocycles. The van der Waals surface area contributed by atoms with Gasteiger partial charge in [-0.25, -0.2) is 4.79 Å². The lowest BCUT2D eigenvalue weighted by Crippen LogP contribution is -2.18. The minimum absolute atomic E-state index is 0.0759. The van der Waals surface area contributed by atoms with Gasteiger partial charge in [0, 0.05) is 25.9 Å². The van der Waals surface area contributed by atoms with Crippen molar-refractivity contribution in [2.75, 3.05) is 39.9 Å². The molecule has 37 heavy (non-hydrogen) atoms. The van der Waals surface area contributed by atoms with Crippen LogP contribution < -0.4 is 25.2 Å². The number of nitrogens with zero attached hydrogens (tertiary/aromatic N) is 3. The van der Waals surface area contributed by atoms with E-state index in [2.05, 4.69) is 15.5 Å². The van der Waals surface area contributed by atoms with E-state index in [1.165, 1.54) is 27.4 Å². The second kappa shape index (κ2) is 11.5. The van der Waals surface area contributed by atoms with Gasteiger partial charge in [0.05, 0.1) is 37.1 Å². The molecule has 0 atom stereocenters. The van der Waals surface area contributed by atoms with Gasteiger partial charge < -0.3 is 27.9 Å². The van der Waals surface area contributed by atoms with E-state index in [1.807, 2.05) is 7.05 Å². The highest BCUT2D eigenvalue weighted by Crippen LogP contribution is 2.42. The van der Waals surface area contributed by atoms with Crippen molar-refractivity contribution in [3.63, 3.8) is 0 Å². The third-order valence-electron chi connectivity index (χ3n) is 5.23. The minimum atomic E-state index is -0.861. The molecule has 0 spiro atoms. The van der Waals surface area contributed by atoms with Gasteiger partial charge in [0.15, 0.2) is 10.8 Å². The molecule has 11 nitrogen and oxygen atoms in total. The van der Waals surface area contributed by atoms with E-state index in [0.717, 1.165) is 11.3 Å². The van der Waals surface area contributed by atoms with Crippen molar-refractivity contribution in [2.24, 2.45) is 7.05 Å². The summed E-state index contributed by atoms with van der Waals surface area (Å²) in [5, 5.41) is 11.9. The molecule has 0 aliphatic rings. The molecule has 0 fully saturated rings. The molecule has 0 aliphatic carbocycles. The van der Waals surface area contributed by atoms with E-state index >= 15 is 0 Å². The Morgan fingerprint density at radius 2 is 1.86 bits per heavy atom. The Balaban J connectivity index is 1.73.